The Morgan fingerprint density at radius 1 is 1.30 bits per heavy atom. The van der Waals surface area contributed by atoms with Crippen LogP contribution in [0.1, 0.15) is 40.0 Å². The van der Waals surface area contributed by atoms with Crippen molar-refractivity contribution in [2.24, 2.45) is 0 Å². The Hall–Kier alpha value is -0.810. The van der Waals surface area contributed by atoms with Crippen LogP contribution in [0, 0.1) is 0 Å². The normalized spacial score (nSPS) is 28.1. The molecule has 116 valence electrons. The number of ether oxygens (including phenoxy) is 1. The highest BCUT2D eigenvalue weighted by molar-refractivity contribution is 5.69. The van der Waals surface area contributed by atoms with E-state index in [2.05, 4.69) is 17.3 Å². The van der Waals surface area contributed by atoms with Gasteiger partial charge in [0, 0.05) is 31.7 Å². The monoisotopic (exact) mass is 283 g/mol. The molecule has 5 heteroatoms. The van der Waals surface area contributed by atoms with Crippen LogP contribution in [-0.2, 0) is 4.74 Å². The number of hydrogen-bond acceptors (Lipinski definition) is 4. The summed E-state index contributed by atoms with van der Waals surface area (Å²) in [6, 6.07) is 0.858. The molecule has 5 nitrogen and oxygen atoms in total. The van der Waals surface area contributed by atoms with Gasteiger partial charge < -0.3 is 19.9 Å². The Kier molecular flexibility index (Phi) is 4.91. The molecule has 0 aromatic heterocycles. The van der Waals surface area contributed by atoms with E-state index in [1.165, 1.54) is 6.42 Å². The van der Waals surface area contributed by atoms with E-state index in [-0.39, 0.29) is 12.1 Å². The highest BCUT2D eigenvalue weighted by atomic mass is 16.6. The predicted molar refractivity (Wildman–Crippen MR) is 79.9 cm³/mol. The summed E-state index contributed by atoms with van der Waals surface area (Å²) in [6.45, 7) is 9.74. The van der Waals surface area contributed by atoms with Crippen molar-refractivity contribution in [2.45, 2.75) is 57.7 Å². The molecule has 0 radical (unpaired) electrons. The lowest BCUT2D eigenvalue weighted by molar-refractivity contribution is 0.0225. The first-order valence-corrected chi connectivity index (χ1v) is 7.77. The van der Waals surface area contributed by atoms with Crippen molar-refractivity contribution in [2.75, 3.05) is 33.2 Å². The molecule has 0 saturated carbocycles. The topological polar surface area (TPSA) is 44.8 Å². The molecule has 20 heavy (non-hydrogen) atoms. The number of hydrogen-bond donors (Lipinski definition) is 1. The summed E-state index contributed by atoms with van der Waals surface area (Å²) in [5.41, 5.74) is -0.411. The molecular weight excluding hydrogens is 254 g/mol. The third kappa shape index (κ3) is 4.35. The second-order valence-corrected chi connectivity index (χ2v) is 7.13. The van der Waals surface area contributed by atoms with Gasteiger partial charge in [0.15, 0.2) is 0 Å². The molecule has 2 fully saturated rings. The van der Waals surface area contributed by atoms with Gasteiger partial charge in [-0.3, -0.25) is 0 Å². The van der Waals surface area contributed by atoms with Crippen LogP contribution < -0.4 is 5.32 Å². The van der Waals surface area contributed by atoms with Crippen molar-refractivity contribution in [3.63, 3.8) is 0 Å². The van der Waals surface area contributed by atoms with Crippen LogP contribution in [-0.4, -0.2) is 66.8 Å². The van der Waals surface area contributed by atoms with Crippen molar-refractivity contribution < 1.29 is 9.53 Å². The van der Waals surface area contributed by atoms with E-state index < -0.39 is 5.60 Å². The summed E-state index contributed by atoms with van der Waals surface area (Å²) < 4.78 is 5.49. The molecule has 1 N–H and O–H groups in total. The van der Waals surface area contributed by atoms with Gasteiger partial charge in [0.1, 0.15) is 5.60 Å². The number of rotatable bonds is 3. The molecule has 0 bridgehead atoms. The van der Waals surface area contributed by atoms with E-state index in [0.29, 0.717) is 6.04 Å². The molecular formula is C15H29N3O2. The van der Waals surface area contributed by atoms with E-state index in [4.69, 9.17) is 4.74 Å². The Balaban J connectivity index is 1.80. The number of amides is 1. The fraction of sp³-hybridized carbons (Fsp3) is 0.933. The standard InChI is InChI=1S/C15H29N3O2/c1-15(2,3)20-14(19)18-8-5-6-13(18)10-16-12-7-9-17(4)11-12/h12-13,16H,5-11H2,1-4H3. The average molecular weight is 283 g/mol. The van der Waals surface area contributed by atoms with Gasteiger partial charge in [-0.2, -0.15) is 0 Å². The number of likely N-dealkylation sites (tertiary alicyclic amines) is 2. The first kappa shape index (κ1) is 15.6. The molecule has 0 aliphatic carbocycles. The third-order valence-corrected chi connectivity index (χ3v) is 4.04. The fourth-order valence-corrected chi connectivity index (χ4v) is 3.01. The van der Waals surface area contributed by atoms with Gasteiger partial charge in [-0.25, -0.2) is 4.79 Å². The summed E-state index contributed by atoms with van der Waals surface area (Å²) in [6.07, 6.45) is 3.20. The van der Waals surface area contributed by atoms with Crippen LogP contribution in [0.4, 0.5) is 4.79 Å². The van der Waals surface area contributed by atoms with Crippen LogP contribution in [0.25, 0.3) is 0 Å². The Morgan fingerprint density at radius 3 is 2.65 bits per heavy atom. The lowest BCUT2D eigenvalue weighted by Crippen LogP contribution is -2.46. The van der Waals surface area contributed by atoms with Crippen LogP contribution >= 0.6 is 0 Å². The van der Waals surface area contributed by atoms with Crippen LogP contribution in [0.2, 0.25) is 0 Å². The quantitative estimate of drug-likeness (QED) is 0.856. The lowest BCUT2D eigenvalue weighted by Gasteiger charge is -2.29. The zero-order valence-electron chi connectivity index (χ0n) is 13.3. The highest BCUT2D eigenvalue weighted by Crippen LogP contribution is 2.20. The zero-order valence-corrected chi connectivity index (χ0v) is 13.3. The minimum absolute atomic E-state index is 0.162. The maximum atomic E-state index is 12.2. The molecule has 0 aromatic carbocycles. The molecule has 1 amide bonds. The maximum Gasteiger partial charge on any atom is 0.410 e. The third-order valence-electron chi connectivity index (χ3n) is 4.04. The molecule has 2 heterocycles. The number of likely N-dealkylation sites (N-methyl/N-ethyl adjacent to an activating group) is 1. The van der Waals surface area contributed by atoms with Gasteiger partial charge in [0.25, 0.3) is 0 Å². The second kappa shape index (κ2) is 6.31. The van der Waals surface area contributed by atoms with Crippen LogP contribution in [0.15, 0.2) is 0 Å². The Labute approximate surface area is 122 Å². The molecule has 2 unspecified atom stereocenters. The van der Waals surface area contributed by atoms with E-state index in [1.807, 2.05) is 25.7 Å². The second-order valence-electron chi connectivity index (χ2n) is 7.13. The SMILES string of the molecule is CN1CCC(NCC2CCCN2C(=O)OC(C)(C)C)C1. The minimum atomic E-state index is -0.411. The van der Waals surface area contributed by atoms with E-state index >= 15 is 0 Å². The van der Waals surface area contributed by atoms with Crippen LogP contribution in [0.5, 0.6) is 0 Å². The van der Waals surface area contributed by atoms with Crippen LogP contribution in [0.3, 0.4) is 0 Å². The molecule has 0 spiro atoms. The lowest BCUT2D eigenvalue weighted by atomic mass is 10.2. The van der Waals surface area contributed by atoms with Gasteiger partial charge in [-0.1, -0.05) is 0 Å². The van der Waals surface area contributed by atoms with E-state index in [9.17, 15) is 4.79 Å². The number of nitrogens with zero attached hydrogens (tertiary/aromatic N) is 2. The molecule has 2 rings (SSSR count). The smallest absolute Gasteiger partial charge is 0.410 e. The minimum Gasteiger partial charge on any atom is -0.444 e. The van der Waals surface area contributed by atoms with Crippen molar-refractivity contribution in [1.82, 2.24) is 15.1 Å². The summed E-state index contributed by atoms with van der Waals surface area (Å²) in [7, 11) is 2.16. The summed E-state index contributed by atoms with van der Waals surface area (Å²) in [4.78, 5) is 16.4. The summed E-state index contributed by atoms with van der Waals surface area (Å²) in [5.74, 6) is 0. The number of carbonyl (C=O) groups is 1. The van der Waals surface area contributed by atoms with Crippen molar-refractivity contribution in [1.29, 1.82) is 0 Å². The maximum absolute atomic E-state index is 12.2. The first-order chi connectivity index (χ1) is 9.35. The predicted octanol–water partition coefficient (Wildman–Crippen LogP) is 1.68. The summed E-state index contributed by atoms with van der Waals surface area (Å²) >= 11 is 0. The van der Waals surface area contributed by atoms with Crippen molar-refractivity contribution in [3.05, 3.63) is 0 Å². The molecule has 2 saturated heterocycles. The molecule has 2 aliphatic rings. The molecule has 2 aliphatic heterocycles. The van der Waals surface area contributed by atoms with Gasteiger partial charge in [0.2, 0.25) is 0 Å². The van der Waals surface area contributed by atoms with Crippen molar-refractivity contribution in [3.8, 4) is 0 Å². The van der Waals surface area contributed by atoms with Gasteiger partial charge in [-0.05, 0) is 53.6 Å². The zero-order chi connectivity index (χ0) is 14.8. The van der Waals surface area contributed by atoms with E-state index in [1.54, 1.807) is 0 Å². The highest BCUT2D eigenvalue weighted by Gasteiger charge is 2.32. The van der Waals surface area contributed by atoms with Gasteiger partial charge in [-0.15, -0.1) is 0 Å². The molecule has 2 atom stereocenters. The van der Waals surface area contributed by atoms with Crippen molar-refractivity contribution >= 4 is 6.09 Å². The largest absolute Gasteiger partial charge is 0.444 e. The molecule has 0 aromatic rings. The number of nitrogens with one attached hydrogen (secondary N) is 1. The Morgan fingerprint density at radius 2 is 2.05 bits per heavy atom. The first-order valence-electron chi connectivity index (χ1n) is 7.77. The Bertz CT molecular complexity index is 341. The average Bonchev–Trinajstić information content (AvgIpc) is 2.92. The summed E-state index contributed by atoms with van der Waals surface area (Å²) in [5, 5.41) is 3.61. The van der Waals surface area contributed by atoms with E-state index in [0.717, 1.165) is 39.0 Å². The van der Waals surface area contributed by atoms with Gasteiger partial charge >= 0.3 is 6.09 Å². The number of carbonyl (C=O) groups excluding carboxylic acids is 1. The fourth-order valence-electron chi connectivity index (χ4n) is 3.01. The van der Waals surface area contributed by atoms with Gasteiger partial charge in [0.05, 0.1) is 0 Å².